The third kappa shape index (κ3) is 3.90. The van der Waals surface area contributed by atoms with Gasteiger partial charge in [-0.05, 0) is 35.9 Å². The quantitative estimate of drug-likeness (QED) is 0.348. The molecule has 1 aromatic heterocycles. The molecule has 1 heterocycles. The van der Waals surface area contributed by atoms with Crippen molar-refractivity contribution in [3.05, 3.63) is 93.4 Å². The van der Waals surface area contributed by atoms with E-state index in [9.17, 15) is 4.79 Å². The fourth-order valence-corrected chi connectivity index (χ4v) is 4.45. The molecular weight excluding hydrogens is 444 g/mol. The summed E-state index contributed by atoms with van der Waals surface area (Å²) in [7, 11) is 0. The molecule has 1 amide bonds. The molecule has 4 aromatic rings. The van der Waals surface area contributed by atoms with Crippen LogP contribution in [0.5, 0.6) is 0 Å². The first-order valence-electron chi connectivity index (χ1n) is 8.28. The molecule has 6 heteroatoms. The van der Waals surface area contributed by atoms with Crippen LogP contribution in [-0.4, -0.2) is 10.9 Å². The Morgan fingerprint density at radius 2 is 1.81 bits per heavy atom. The van der Waals surface area contributed by atoms with E-state index >= 15 is 0 Å². The Labute approximate surface area is 174 Å². The predicted octanol–water partition coefficient (Wildman–Crippen LogP) is 6.56. The summed E-state index contributed by atoms with van der Waals surface area (Å²) in [5.41, 5.74) is 2.36. The second-order valence-corrected chi connectivity index (χ2v) is 8.30. The van der Waals surface area contributed by atoms with Gasteiger partial charge in [-0.25, -0.2) is 4.98 Å². The maximum absolute atomic E-state index is 13.3. The second-order valence-electron chi connectivity index (χ2n) is 5.97. The molecule has 0 atom stereocenters. The number of fused-ring (bicyclic) bond motifs is 1. The zero-order chi connectivity index (χ0) is 18.8. The van der Waals surface area contributed by atoms with Crippen LogP contribution >= 0.6 is 38.9 Å². The van der Waals surface area contributed by atoms with Gasteiger partial charge in [-0.15, -0.1) is 0 Å². The summed E-state index contributed by atoms with van der Waals surface area (Å²) in [6.45, 7) is 0.434. The molecule has 4 rings (SSSR count). The molecule has 0 saturated heterocycles. The molecule has 0 unspecified atom stereocenters. The molecule has 0 N–H and O–H groups in total. The van der Waals surface area contributed by atoms with Crippen molar-refractivity contribution in [3.8, 4) is 0 Å². The largest absolute Gasteiger partial charge is 0.279 e. The number of para-hydroxylation sites is 1. The number of aromatic nitrogens is 1. The number of amides is 1. The van der Waals surface area contributed by atoms with Gasteiger partial charge in [0.2, 0.25) is 0 Å². The summed E-state index contributed by atoms with van der Waals surface area (Å²) in [5, 5.41) is 1.22. The Morgan fingerprint density at radius 1 is 1.04 bits per heavy atom. The Hall–Kier alpha value is -2.21. The number of hydrogen-bond acceptors (Lipinski definition) is 3. The molecule has 0 aliphatic rings. The predicted molar refractivity (Wildman–Crippen MR) is 116 cm³/mol. The number of benzene rings is 3. The molecule has 27 heavy (non-hydrogen) atoms. The third-order valence-corrected chi connectivity index (χ3v) is 5.93. The van der Waals surface area contributed by atoms with E-state index in [0.717, 1.165) is 20.3 Å². The molecule has 134 valence electrons. The van der Waals surface area contributed by atoms with Crippen molar-refractivity contribution in [2.45, 2.75) is 6.54 Å². The average Bonchev–Trinajstić information content (AvgIpc) is 3.12. The summed E-state index contributed by atoms with van der Waals surface area (Å²) in [6.07, 6.45) is 0. The number of thiazole rings is 1. The van der Waals surface area contributed by atoms with Crippen molar-refractivity contribution in [3.63, 3.8) is 0 Å². The van der Waals surface area contributed by atoms with Crippen LogP contribution < -0.4 is 4.90 Å². The van der Waals surface area contributed by atoms with Crippen molar-refractivity contribution < 1.29 is 4.79 Å². The van der Waals surface area contributed by atoms with Gasteiger partial charge in [0.1, 0.15) is 5.52 Å². The van der Waals surface area contributed by atoms with Crippen molar-refractivity contribution >= 4 is 60.1 Å². The van der Waals surface area contributed by atoms with Gasteiger partial charge in [-0.2, -0.15) is 0 Å². The van der Waals surface area contributed by atoms with Crippen LogP contribution in [0, 0.1) is 0 Å². The Balaban J connectivity index is 1.79. The number of hydrogen-bond donors (Lipinski definition) is 0. The molecule has 0 radical (unpaired) electrons. The fraction of sp³-hybridized carbons (Fsp3) is 0.0476. The molecule has 0 saturated carbocycles. The van der Waals surface area contributed by atoms with Crippen molar-refractivity contribution in [1.82, 2.24) is 4.98 Å². The third-order valence-electron chi connectivity index (χ3n) is 4.09. The van der Waals surface area contributed by atoms with Gasteiger partial charge in [-0.1, -0.05) is 81.3 Å². The minimum absolute atomic E-state index is 0.102. The van der Waals surface area contributed by atoms with E-state index < -0.39 is 0 Å². The van der Waals surface area contributed by atoms with Gasteiger partial charge >= 0.3 is 0 Å². The van der Waals surface area contributed by atoms with Crippen molar-refractivity contribution in [1.29, 1.82) is 0 Å². The summed E-state index contributed by atoms with van der Waals surface area (Å²) in [6, 6.07) is 22.9. The average molecular weight is 458 g/mol. The van der Waals surface area contributed by atoms with E-state index in [2.05, 4.69) is 20.9 Å². The van der Waals surface area contributed by atoms with E-state index in [1.807, 2.05) is 72.8 Å². The number of halogens is 2. The van der Waals surface area contributed by atoms with Crippen LogP contribution in [-0.2, 0) is 6.54 Å². The summed E-state index contributed by atoms with van der Waals surface area (Å²) >= 11 is 11.2. The lowest BCUT2D eigenvalue weighted by molar-refractivity contribution is 0.0985. The van der Waals surface area contributed by atoms with Crippen LogP contribution in [0.2, 0.25) is 5.02 Å². The first kappa shape index (κ1) is 18.2. The topological polar surface area (TPSA) is 33.2 Å². The summed E-state index contributed by atoms with van der Waals surface area (Å²) < 4.78 is 1.82. The Morgan fingerprint density at radius 3 is 2.56 bits per heavy atom. The van der Waals surface area contributed by atoms with Crippen LogP contribution in [0.25, 0.3) is 10.2 Å². The van der Waals surface area contributed by atoms with Crippen LogP contribution in [0.4, 0.5) is 5.13 Å². The van der Waals surface area contributed by atoms with E-state index in [1.54, 1.807) is 4.90 Å². The van der Waals surface area contributed by atoms with E-state index in [0.29, 0.717) is 22.3 Å². The maximum atomic E-state index is 13.3. The minimum atomic E-state index is -0.102. The van der Waals surface area contributed by atoms with Crippen LogP contribution in [0.3, 0.4) is 0 Å². The van der Waals surface area contributed by atoms with Gasteiger partial charge in [0, 0.05) is 10.0 Å². The molecular formula is C21H14BrClN2OS. The highest BCUT2D eigenvalue weighted by atomic mass is 79.9. The zero-order valence-electron chi connectivity index (χ0n) is 14.1. The highest BCUT2D eigenvalue weighted by molar-refractivity contribution is 9.10. The van der Waals surface area contributed by atoms with Gasteiger partial charge in [0.25, 0.3) is 5.91 Å². The van der Waals surface area contributed by atoms with Gasteiger partial charge < -0.3 is 0 Å². The zero-order valence-corrected chi connectivity index (χ0v) is 17.3. The standard InChI is InChI=1S/C21H14BrClN2OS/c22-16-9-4-8-15(12-16)20(26)25(13-14-6-2-1-3-7-14)21-24-19-17(23)10-5-11-18(19)27-21/h1-12H,13H2. The van der Waals surface area contributed by atoms with Gasteiger partial charge in [0.15, 0.2) is 5.13 Å². The number of anilines is 1. The van der Waals surface area contributed by atoms with Gasteiger partial charge in [0.05, 0.1) is 16.3 Å². The number of nitrogens with zero attached hydrogens (tertiary/aromatic N) is 2. The maximum Gasteiger partial charge on any atom is 0.260 e. The summed E-state index contributed by atoms with van der Waals surface area (Å²) in [5.74, 6) is -0.102. The first-order chi connectivity index (χ1) is 13.1. The molecule has 0 fully saturated rings. The van der Waals surface area contributed by atoms with Crippen molar-refractivity contribution in [2.75, 3.05) is 4.90 Å². The van der Waals surface area contributed by atoms with Crippen molar-refractivity contribution in [2.24, 2.45) is 0 Å². The highest BCUT2D eigenvalue weighted by Gasteiger charge is 2.22. The van der Waals surface area contributed by atoms with Crippen LogP contribution in [0.15, 0.2) is 77.3 Å². The fourth-order valence-electron chi connectivity index (χ4n) is 2.79. The second kappa shape index (κ2) is 7.80. The highest BCUT2D eigenvalue weighted by Crippen LogP contribution is 2.34. The lowest BCUT2D eigenvalue weighted by Crippen LogP contribution is -2.30. The molecule has 0 bridgehead atoms. The van der Waals surface area contributed by atoms with Crippen LogP contribution in [0.1, 0.15) is 15.9 Å². The van der Waals surface area contributed by atoms with E-state index in [-0.39, 0.29) is 5.91 Å². The summed E-state index contributed by atoms with van der Waals surface area (Å²) in [4.78, 5) is 19.7. The monoisotopic (exact) mass is 456 g/mol. The molecule has 3 nitrogen and oxygen atoms in total. The lowest BCUT2D eigenvalue weighted by atomic mass is 10.1. The molecule has 0 spiro atoms. The minimum Gasteiger partial charge on any atom is -0.279 e. The van der Waals surface area contributed by atoms with Gasteiger partial charge in [-0.3, -0.25) is 9.69 Å². The smallest absolute Gasteiger partial charge is 0.260 e. The van der Waals surface area contributed by atoms with E-state index in [1.165, 1.54) is 11.3 Å². The van der Waals surface area contributed by atoms with E-state index in [4.69, 9.17) is 11.6 Å². The molecule has 3 aromatic carbocycles. The lowest BCUT2D eigenvalue weighted by Gasteiger charge is -2.20. The number of carbonyl (C=O) groups excluding carboxylic acids is 1. The normalized spacial score (nSPS) is 10.9. The number of rotatable bonds is 4. The SMILES string of the molecule is O=C(c1cccc(Br)c1)N(Cc1ccccc1)c1nc2c(Cl)cccc2s1. The molecule has 0 aliphatic heterocycles. The first-order valence-corrected chi connectivity index (χ1v) is 10.3. The Kier molecular flexibility index (Phi) is 5.25. The molecule has 0 aliphatic carbocycles. The number of carbonyl (C=O) groups is 1. The Bertz CT molecular complexity index is 1110.